The summed E-state index contributed by atoms with van der Waals surface area (Å²) in [5.74, 6) is 0. The van der Waals surface area contributed by atoms with Crippen molar-refractivity contribution >= 4 is 5.57 Å². The summed E-state index contributed by atoms with van der Waals surface area (Å²) < 4.78 is 0. The maximum atomic E-state index is 3.90. The Balaban J connectivity index is 1.66. The van der Waals surface area contributed by atoms with Gasteiger partial charge in [-0.25, -0.2) is 0 Å². The standard InChI is InChI=1S/C21H23N/c1-3-9-16(10-4-1)20-15-21(19-14-8-7-13-18(19)20)22-17-11-5-2-6-12-17/h1,3-4,7-10,13-15,17,21-22H,2,5-6,11-12H2. The lowest BCUT2D eigenvalue weighted by Gasteiger charge is -2.26. The minimum Gasteiger partial charge on any atom is -0.304 e. The van der Waals surface area contributed by atoms with E-state index in [4.69, 9.17) is 0 Å². The predicted octanol–water partition coefficient (Wildman–Crippen LogP) is 5.10. The molecule has 0 aromatic heterocycles. The van der Waals surface area contributed by atoms with Crippen molar-refractivity contribution in [1.82, 2.24) is 5.32 Å². The van der Waals surface area contributed by atoms with Gasteiger partial charge in [0.25, 0.3) is 0 Å². The molecule has 1 saturated carbocycles. The molecule has 0 heterocycles. The summed E-state index contributed by atoms with van der Waals surface area (Å²) in [5, 5.41) is 3.90. The Morgan fingerprint density at radius 3 is 2.32 bits per heavy atom. The number of hydrogen-bond donors (Lipinski definition) is 1. The third kappa shape index (κ3) is 2.62. The van der Waals surface area contributed by atoms with Crippen LogP contribution in [-0.2, 0) is 0 Å². The first kappa shape index (κ1) is 13.8. The Hall–Kier alpha value is -1.86. The molecule has 0 radical (unpaired) electrons. The van der Waals surface area contributed by atoms with Crippen molar-refractivity contribution in [3.8, 4) is 0 Å². The van der Waals surface area contributed by atoms with Crippen LogP contribution in [0.5, 0.6) is 0 Å². The quantitative estimate of drug-likeness (QED) is 0.829. The largest absolute Gasteiger partial charge is 0.304 e. The van der Waals surface area contributed by atoms with Crippen LogP contribution in [0.15, 0.2) is 60.7 Å². The van der Waals surface area contributed by atoms with Gasteiger partial charge in [-0.3, -0.25) is 0 Å². The molecule has 1 atom stereocenters. The van der Waals surface area contributed by atoms with Gasteiger partial charge >= 0.3 is 0 Å². The van der Waals surface area contributed by atoms with Crippen LogP contribution in [0.1, 0.15) is 54.8 Å². The molecule has 2 aliphatic carbocycles. The molecule has 4 rings (SSSR count). The van der Waals surface area contributed by atoms with Crippen LogP contribution >= 0.6 is 0 Å². The Morgan fingerprint density at radius 2 is 1.50 bits per heavy atom. The van der Waals surface area contributed by atoms with Gasteiger partial charge in [0.05, 0.1) is 6.04 Å². The summed E-state index contributed by atoms with van der Waals surface area (Å²) >= 11 is 0. The summed E-state index contributed by atoms with van der Waals surface area (Å²) in [6, 6.07) is 20.7. The van der Waals surface area contributed by atoms with Crippen LogP contribution in [0.4, 0.5) is 0 Å². The van der Waals surface area contributed by atoms with E-state index in [1.165, 1.54) is 54.4 Å². The third-order valence-corrected chi connectivity index (χ3v) is 5.02. The molecule has 0 saturated heterocycles. The summed E-state index contributed by atoms with van der Waals surface area (Å²) in [4.78, 5) is 0. The average Bonchev–Trinajstić information content (AvgIpc) is 2.96. The van der Waals surface area contributed by atoms with E-state index >= 15 is 0 Å². The monoisotopic (exact) mass is 289 g/mol. The van der Waals surface area contributed by atoms with Gasteiger partial charge in [-0.05, 0) is 35.1 Å². The summed E-state index contributed by atoms with van der Waals surface area (Å²) in [5.41, 5.74) is 5.53. The molecule has 1 heteroatoms. The van der Waals surface area contributed by atoms with Crippen molar-refractivity contribution in [2.45, 2.75) is 44.2 Å². The van der Waals surface area contributed by atoms with E-state index in [1.807, 2.05) is 0 Å². The highest BCUT2D eigenvalue weighted by Crippen LogP contribution is 2.38. The molecule has 0 bridgehead atoms. The van der Waals surface area contributed by atoms with E-state index < -0.39 is 0 Å². The molecule has 1 nitrogen and oxygen atoms in total. The van der Waals surface area contributed by atoms with Crippen LogP contribution in [-0.4, -0.2) is 6.04 Å². The van der Waals surface area contributed by atoms with Crippen molar-refractivity contribution < 1.29 is 0 Å². The molecule has 0 aliphatic heterocycles. The molecular weight excluding hydrogens is 266 g/mol. The molecule has 22 heavy (non-hydrogen) atoms. The first-order chi connectivity index (χ1) is 10.9. The Morgan fingerprint density at radius 1 is 0.773 bits per heavy atom. The lowest BCUT2D eigenvalue weighted by Crippen LogP contribution is -2.33. The van der Waals surface area contributed by atoms with Crippen molar-refractivity contribution in [2.24, 2.45) is 0 Å². The highest BCUT2D eigenvalue weighted by Gasteiger charge is 2.26. The smallest absolute Gasteiger partial charge is 0.0523 e. The fourth-order valence-corrected chi connectivity index (χ4v) is 3.89. The van der Waals surface area contributed by atoms with Gasteiger partial charge in [0, 0.05) is 6.04 Å². The second-order valence-corrected chi connectivity index (χ2v) is 6.51. The summed E-state index contributed by atoms with van der Waals surface area (Å²) in [6.07, 6.45) is 9.24. The molecule has 2 aromatic carbocycles. The highest BCUT2D eigenvalue weighted by molar-refractivity contribution is 5.85. The second-order valence-electron chi connectivity index (χ2n) is 6.51. The minimum absolute atomic E-state index is 0.370. The van der Waals surface area contributed by atoms with Crippen molar-refractivity contribution in [1.29, 1.82) is 0 Å². The molecule has 2 aliphatic rings. The van der Waals surface area contributed by atoms with Crippen LogP contribution in [0.3, 0.4) is 0 Å². The summed E-state index contributed by atoms with van der Waals surface area (Å²) in [7, 11) is 0. The van der Waals surface area contributed by atoms with E-state index in [0.29, 0.717) is 12.1 Å². The molecule has 1 N–H and O–H groups in total. The second kappa shape index (κ2) is 6.10. The lowest BCUT2D eigenvalue weighted by atomic mass is 9.94. The summed E-state index contributed by atoms with van der Waals surface area (Å²) in [6.45, 7) is 0. The van der Waals surface area contributed by atoms with Gasteiger partial charge in [0.2, 0.25) is 0 Å². The highest BCUT2D eigenvalue weighted by atomic mass is 15.0. The number of fused-ring (bicyclic) bond motifs is 1. The zero-order chi connectivity index (χ0) is 14.8. The van der Waals surface area contributed by atoms with Gasteiger partial charge in [-0.2, -0.15) is 0 Å². The van der Waals surface area contributed by atoms with Gasteiger partial charge in [-0.15, -0.1) is 0 Å². The molecule has 1 fully saturated rings. The molecule has 2 aromatic rings. The topological polar surface area (TPSA) is 12.0 Å². The Labute approximate surface area is 133 Å². The Bertz CT molecular complexity index is 665. The number of benzene rings is 2. The number of hydrogen-bond acceptors (Lipinski definition) is 1. The van der Waals surface area contributed by atoms with Gasteiger partial charge in [-0.1, -0.05) is 79.9 Å². The molecule has 112 valence electrons. The van der Waals surface area contributed by atoms with Crippen LogP contribution in [0.25, 0.3) is 5.57 Å². The number of rotatable bonds is 3. The SMILES string of the molecule is C1=C(c2ccccc2)c2ccccc2C1NC1CCCCC1. The predicted molar refractivity (Wildman–Crippen MR) is 92.7 cm³/mol. The van der Waals surface area contributed by atoms with Gasteiger partial charge in [0.15, 0.2) is 0 Å². The fourth-order valence-electron chi connectivity index (χ4n) is 3.89. The average molecular weight is 289 g/mol. The third-order valence-electron chi connectivity index (χ3n) is 5.02. The first-order valence-corrected chi connectivity index (χ1v) is 8.54. The normalized spacial score (nSPS) is 21.5. The molecule has 0 spiro atoms. The van der Waals surface area contributed by atoms with Crippen LogP contribution < -0.4 is 5.32 Å². The van der Waals surface area contributed by atoms with Crippen molar-refractivity contribution in [3.63, 3.8) is 0 Å². The van der Waals surface area contributed by atoms with E-state index in [-0.39, 0.29) is 0 Å². The van der Waals surface area contributed by atoms with Crippen molar-refractivity contribution in [3.05, 3.63) is 77.4 Å². The lowest BCUT2D eigenvalue weighted by molar-refractivity contribution is 0.358. The zero-order valence-electron chi connectivity index (χ0n) is 13.0. The maximum Gasteiger partial charge on any atom is 0.0523 e. The number of nitrogens with one attached hydrogen (secondary N) is 1. The zero-order valence-corrected chi connectivity index (χ0v) is 13.0. The van der Waals surface area contributed by atoms with E-state index in [9.17, 15) is 0 Å². The van der Waals surface area contributed by atoms with Gasteiger partial charge < -0.3 is 5.32 Å². The minimum atomic E-state index is 0.370. The van der Waals surface area contributed by atoms with Crippen LogP contribution in [0.2, 0.25) is 0 Å². The first-order valence-electron chi connectivity index (χ1n) is 8.54. The fraction of sp³-hybridized carbons (Fsp3) is 0.333. The Kier molecular flexibility index (Phi) is 3.82. The van der Waals surface area contributed by atoms with E-state index in [0.717, 1.165) is 0 Å². The van der Waals surface area contributed by atoms with Crippen molar-refractivity contribution in [2.75, 3.05) is 0 Å². The van der Waals surface area contributed by atoms with E-state index in [2.05, 4.69) is 66.0 Å². The maximum absolute atomic E-state index is 3.90. The van der Waals surface area contributed by atoms with Gasteiger partial charge in [0.1, 0.15) is 0 Å². The molecular formula is C21H23N. The van der Waals surface area contributed by atoms with E-state index in [1.54, 1.807) is 0 Å². The molecule has 1 unspecified atom stereocenters. The van der Waals surface area contributed by atoms with Crippen LogP contribution in [0, 0.1) is 0 Å². The molecule has 0 amide bonds.